The number of urea groups is 1. The summed E-state index contributed by atoms with van der Waals surface area (Å²) < 4.78 is 32.2. The lowest BCUT2D eigenvalue weighted by Crippen LogP contribution is -2.37. The summed E-state index contributed by atoms with van der Waals surface area (Å²) in [6, 6.07) is 18.0. The van der Waals surface area contributed by atoms with Gasteiger partial charge >= 0.3 is 12.0 Å². The molecule has 0 atom stereocenters. The number of esters is 1. The van der Waals surface area contributed by atoms with Crippen LogP contribution in [0, 0.1) is 13.8 Å². The van der Waals surface area contributed by atoms with Gasteiger partial charge in [0.05, 0.1) is 10.5 Å². The predicted octanol–water partition coefficient (Wildman–Crippen LogP) is 3.61. The van der Waals surface area contributed by atoms with Gasteiger partial charge in [-0.1, -0.05) is 36.4 Å². The monoisotopic (exact) mass is 481 g/mol. The van der Waals surface area contributed by atoms with Gasteiger partial charge in [-0.15, -0.1) is 0 Å². The molecule has 0 aliphatic carbocycles. The molecule has 3 N–H and O–H groups in total. The molecule has 10 heteroatoms. The van der Waals surface area contributed by atoms with Gasteiger partial charge in [0.1, 0.15) is 0 Å². The third kappa shape index (κ3) is 6.42. The lowest BCUT2D eigenvalue weighted by molar-refractivity contribution is -0.123. The van der Waals surface area contributed by atoms with E-state index in [4.69, 9.17) is 4.74 Å². The average Bonchev–Trinajstić information content (AvgIpc) is 2.81. The van der Waals surface area contributed by atoms with E-state index in [-0.39, 0.29) is 16.1 Å². The van der Waals surface area contributed by atoms with E-state index in [1.807, 2.05) is 19.9 Å². The first kappa shape index (κ1) is 24.5. The second-order valence-electron chi connectivity index (χ2n) is 7.33. The number of ether oxygens (including phenoxy) is 1. The molecule has 3 rings (SSSR count). The molecule has 176 valence electrons. The van der Waals surface area contributed by atoms with Crippen molar-refractivity contribution in [1.29, 1.82) is 0 Å². The van der Waals surface area contributed by atoms with E-state index in [1.165, 1.54) is 36.4 Å². The Labute approximate surface area is 197 Å². The lowest BCUT2D eigenvalue weighted by atomic mass is 10.1. The van der Waals surface area contributed by atoms with Crippen molar-refractivity contribution in [1.82, 2.24) is 5.32 Å². The minimum atomic E-state index is -3.84. The van der Waals surface area contributed by atoms with Gasteiger partial charge in [-0.25, -0.2) is 18.0 Å². The largest absolute Gasteiger partial charge is 0.452 e. The van der Waals surface area contributed by atoms with Gasteiger partial charge in [-0.2, -0.15) is 0 Å². The average molecular weight is 482 g/mol. The van der Waals surface area contributed by atoms with Crippen LogP contribution in [0.2, 0.25) is 0 Å². The van der Waals surface area contributed by atoms with Crippen molar-refractivity contribution in [2.75, 3.05) is 16.6 Å². The molecule has 0 spiro atoms. The molecule has 3 aromatic rings. The molecule has 0 radical (unpaired) electrons. The fourth-order valence-corrected chi connectivity index (χ4v) is 4.01. The van der Waals surface area contributed by atoms with E-state index >= 15 is 0 Å². The van der Waals surface area contributed by atoms with Crippen molar-refractivity contribution in [2.24, 2.45) is 0 Å². The standard InChI is InChI=1S/C24H23N3O6S/c1-16-8-6-13-21(17(16)2)25-24(30)26-22(28)15-33-23(29)18-9-7-10-19(14-18)27-34(31,32)20-11-4-3-5-12-20/h3-14,27H,15H2,1-2H3,(H2,25,26,28,30). The number of carbonyl (C=O) groups excluding carboxylic acids is 3. The Kier molecular flexibility index (Phi) is 7.64. The molecule has 0 unspecified atom stereocenters. The minimum Gasteiger partial charge on any atom is -0.452 e. The number of anilines is 2. The highest BCUT2D eigenvalue weighted by atomic mass is 32.2. The molecule has 0 saturated carbocycles. The van der Waals surface area contributed by atoms with Crippen LogP contribution in [0.5, 0.6) is 0 Å². The van der Waals surface area contributed by atoms with Crippen LogP contribution in [0.3, 0.4) is 0 Å². The Hall–Kier alpha value is -4.18. The van der Waals surface area contributed by atoms with E-state index in [1.54, 1.807) is 30.3 Å². The summed E-state index contributed by atoms with van der Waals surface area (Å²) in [5, 5.41) is 4.65. The number of sulfonamides is 1. The second-order valence-corrected chi connectivity index (χ2v) is 9.01. The third-order valence-electron chi connectivity index (χ3n) is 4.84. The van der Waals surface area contributed by atoms with Crippen molar-refractivity contribution in [3.8, 4) is 0 Å². The highest BCUT2D eigenvalue weighted by Gasteiger charge is 2.16. The lowest BCUT2D eigenvalue weighted by Gasteiger charge is -2.11. The predicted molar refractivity (Wildman–Crippen MR) is 127 cm³/mol. The first-order chi connectivity index (χ1) is 16.2. The van der Waals surface area contributed by atoms with Gasteiger partial charge in [0.15, 0.2) is 6.61 Å². The Bertz CT molecular complexity index is 1320. The van der Waals surface area contributed by atoms with Crippen molar-refractivity contribution >= 4 is 39.3 Å². The van der Waals surface area contributed by atoms with Crippen LogP contribution in [-0.2, 0) is 19.6 Å². The Morgan fingerprint density at radius 1 is 0.882 bits per heavy atom. The van der Waals surface area contributed by atoms with Crippen molar-refractivity contribution in [3.05, 3.63) is 89.5 Å². The summed E-state index contributed by atoms with van der Waals surface area (Å²) in [6.45, 7) is 3.03. The smallest absolute Gasteiger partial charge is 0.338 e. The van der Waals surface area contributed by atoms with Gasteiger partial charge in [0, 0.05) is 11.4 Å². The van der Waals surface area contributed by atoms with Gasteiger partial charge < -0.3 is 10.1 Å². The van der Waals surface area contributed by atoms with Crippen LogP contribution in [0.1, 0.15) is 21.5 Å². The molecule has 0 aliphatic rings. The topological polar surface area (TPSA) is 131 Å². The number of benzene rings is 3. The summed E-state index contributed by atoms with van der Waals surface area (Å²) in [6.07, 6.45) is 0. The summed E-state index contributed by atoms with van der Waals surface area (Å²) in [5.41, 5.74) is 2.57. The number of hydrogen-bond acceptors (Lipinski definition) is 6. The van der Waals surface area contributed by atoms with Crippen LogP contribution in [0.15, 0.2) is 77.7 Å². The van der Waals surface area contributed by atoms with Crippen LogP contribution in [-0.4, -0.2) is 32.9 Å². The number of hydrogen-bond donors (Lipinski definition) is 3. The molecule has 0 heterocycles. The van der Waals surface area contributed by atoms with Crippen molar-refractivity contribution < 1.29 is 27.5 Å². The quantitative estimate of drug-likeness (QED) is 0.442. The van der Waals surface area contributed by atoms with Crippen LogP contribution >= 0.6 is 0 Å². The van der Waals surface area contributed by atoms with E-state index in [2.05, 4.69) is 15.4 Å². The van der Waals surface area contributed by atoms with E-state index in [9.17, 15) is 22.8 Å². The zero-order valence-corrected chi connectivity index (χ0v) is 19.3. The number of aryl methyl sites for hydroxylation is 1. The first-order valence-corrected chi connectivity index (χ1v) is 11.7. The van der Waals surface area contributed by atoms with Crippen molar-refractivity contribution in [2.45, 2.75) is 18.7 Å². The number of imide groups is 1. The van der Waals surface area contributed by atoms with Gasteiger partial charge in [-0.05, 0) is 61.4 Å². The maximum Gasteiger partial charge on any atom is 0.338 e. The Morgan fingerprint density at radius 2 is 1.59 bits per heavy atom. The van der Waals surface area contributed by atoms with Gasteiger partial charge in [0.2, 0.25) is 0 Å². The van der Waals surface area contributed by atoms with E-state index in [0.717, 1.165) is 11.1 Å². The molecule has 3 amide bonds. The van der Waals surface area contributed by atoms with E-state index in [0.29, 0.717) is 5.69 Å². The molecule has 34 heavy (non-hydrogen) atoms. The molecule has 0 fully saturated rings. The number of rotatable bonds is 7. The first-order valence-electron chi connectivity index (χ1n) is 10.2. The van der Waals surface area contributed by atoms with Crippen molar-refractivity contribution in [3.63, 3.8) is 0 Å². The highest BCUT2D eigenvalue weighted by Crippen LogP contribution is 2.18. The molecular formula is C24H23N3O6S. The Balaban J connectivity index is 1.55. The van der Waals surface area contributed by atoms with Crippen LogP contribution in [0.4, 0.5) is 16.2 Å². The maximum absolute atomic E-state index is 12.5. The molecule has 0 aliphatic heterocycles. The number of amides is 3. The number of carbonyl (C=O) groups is 3. The molecule has 0 aromatic heterocycles. The molecule has 0 bridgehead atoms. The summed E-state index contributed by atoms with van der Waals surface area (Å²) in [5.74, 6) is -1.68. The summed E-state index contributed by atoms with van der Waals surface area (Å²) >= 11 is 0. The zero-order valence-electron chi connectivity index (χ0n) is 18.5. The molecule has 9 nitrogen and oxygen atoms in total. The summed E-state index contributed by atoms with van der Waals surface area (Å²) in [7, 11) is -3.84. The Morgan fingerprint density at radius 3 is 2.32 bits per heavy atom. The van der Waals surface area contributed by atoms with E-state index < -0.39 is 34.5 Å². The van der Waals surface area contributed by atoms with Gasteiger partial charge in [0.25, 0.3) is 15.9 Å². The van der Waals surface area contributed by atoms with Crippen LogP contribution < -0.4 is 15.4 Å². The summed E-state index contributed by atoms with van der Waals surface area (Å²) in [4.78, 5) is 36.4. The van der Waals surface area contributed by atoms with Crippen LogP contribution in [0.25, 0.3) is 0 Å². The third-order valence-corrected chi connectivity index (χ3v) is 6.24. The fraction of sp³-hybridized carbons (Fsp3) is 0.125. The zero-order chi connectivity index (χ0) is 24.7. The number of nitrogens with one attached hydrogen (secondary N) is 3. The maximum atomic E-state index is 12.5. The SMILES string of the molecule is Cc1cccc(NC(=O)NC(=O)COC(=O)c2cccc(NS(=O)(=O)c3ccccc3)c2)c1C. The second kappa shape index (κ2) is 10.6. The highest BCUT2D eigenvalue weighted by molar-refractivity contribution is 7.92. The molecular weight excluding hydrogens is 458 g/mol. The molecule has 3 aromatic carbocycles. The normalized spacial score (nSPS) is 10.8. The fourth-order valence-electron chi connectivity index (χ4n) is 2.94. The molecule has 0 saturated heterocycles. The van der Waals surface area contributed by atoms with Gasteiger partial charge in [-0.3, -0.25) is 14.8 Å². The minimum absolute atomic E-state index is 0.0286.